The lowest BCUT2D eigenvalue weighted by Crippen LogP contribution is -2.61. The Kier molecular flexibility index (Phi) is 15.0. The molecule has 508 valence electrons. The monoisotopic (exact) mass is 1360 g/mol. The highest BCUT2D eigenvalue weighted by Crippen LogP contribution is 2.65. The molecule has 3 heteroatoms. The number of rotatable bonds is 9. The molecule has 2 aliphatic carbocycles. The molecule has 19 rings (SSSR count). The molecule has 0 N–H and O–H groups in total. The SMILES string of the molecule is CC(C)(C)c1cc(-c2ccc3c(c2)B2c4ccc(-c5cccc6c5C5(c7ccccc7-c7ccccc75)c5ccccc5-6)cc4N(c4c(-c5ccccc5)cc(-c5ccccc5)cc4-c4ccccc4)c4cc(C(C)(C)C)cc(c42)N3c2c(-c3ccccc3)cccc2-c2ccccc2)cc(C(C)(C)C)c1. The first-order valence-corrected chi connectivity index (χ1v) is 37.7. The average Bonchev–Trinajstić information content (AvgIpc) is 1.41. The maximum absolute atomic E-state index is 2.76. The number of benzene rings is 15. The van der Waals surface area contributed by atoms with Gasteiger partial charge in [-0.05, 0) is 186 Å². The van der Waals surface area contributed by atoms with Crippen LogP contribution in [0.15, 0.2) is 340 Å². The van der Waals surface area contributed by atoms with Crippen molar-refractivity contribution in [3.8, 4) is 100 Å². The summed E-state index contributed by atoms with van der Waals surface area (Å²) < 4.78 is 0. The first kappa shape index (κ1) is 64.8. The van der Waals surface area contributed by atoms with Crippen LogP contribution >= 0.6 is 0 Å². The molecule has 0 bridgehead atoms. The second-order valence-corrected chi connectivity index (χ2v) is 32.7. The second kappa shape index (κ2) is 24.5. The zero-order valence-electron chi connectivity index (χ0n) is 61.8. The van der Waals surface area contributed by atoms with E-state index in [-0.39, 0.29) is 23.0 Å². The molecule has 2 aliphatic heterocycles. The minimum Gasteiger partial charge on any atom is -0.310 e. The van der Waals surface area contributed by atoms with Crippen LogP contribution in [0.5, 0.6) is 0 Å². The first-order chi connectivity index (χ1) is 51.5. The van der Waals surface area contributed by atoms with Gasteiger partial charge in [-0.2, -0.15) is 0 Å². The topological polar surface area (TPSA) is 6.48 Å². The maximum atomic E-state index is 2.76. The third-order valence-electron chi connectivity index (χ3n) is 23.3. The van der Waals surface area contributed by atoms with Gasteiger partial charge in [0.25, 0.3) is 6.71 Å². The van der Waals surface area contributed by atoms with E-state index < -0.39 is 5.41 Å². The van der Waals surface area contributed by atoms with E-state index in [0.717, 1.165) is 89.6 Å². The molecule has 2 heterocycles. The maximum Gasteiger partial charge on any atom is 0.252 e. The Hall–Kier alpha value is -12.0. The van der Waals surface area contributed by atoms with Gasteiger partial charge in [-0.15, -0.1) is 0 Å². The Labute approximate surface area is 625 Å². The third-order valence-corrected chi connectivity index (χ3v) is 23.3. The average molecular weight is 1360 g/mol. The van der Waals surface area contributed by atoms with Gasteiger partial charge < -0.3 is 9.80 Å². The summed E-state index contributed by atoms with van der Waals surface area (Å²) in [5.41, 5.74) is 40.2. The number of para-hydroxylation sites is 1. The summed E-state index contributed by atoms with van der Waals surface area (Å²) in [5, 5.41) is 0. The molecular weight excluding hydrogens is 1280 g/mol. The van der Waals surface area contributed by atoms with Crippen molar-refractivity contribution >= 4 is 57.2 Å². The smallest absolute Gasteiger partial charge is 0.252 e. The van der Waals surface area contributed by atoms with Crippen LogP contribution in [-0.2, 0) is 21.7 Å². The van der Waals surface area contributed by atoms with Crippen molar-refractivity contribution in [2.75, 3.05) is 9.80 Å². The van der Waals surface area contributed by atoms with E-state index in [1.165, 1.54) is 100.0 Å². The predicted octanol–water partition coefficient (Wildman–Crippen LogP) is 25.7. The fourth-order valence-corrected chi connectivity index (χ4v) is 18.1. The van der Waals surface area contributed by atoms with Gasteiger partial charge in [0.05, 0.1) is 16.8 Å². The fraction of sp³-hybridized carbons (Fsp3) is 0.126. The van der Waals surface area contributed by atoms with Crippen LogP contribution in [0.2, 0.25) is 0 Å². The first-order valence-electron chi connectivity index (χ1n) is 37.7. The summed E-state index contributed by atoms with van der Waals surface area (Å²) in [7, 11) is 0. The van der Waals surface area contributed by atoms with Gasteiger partial charge in [0.1, 0.15) is 0 Å². The van der Waals surface area contributed by atoms with Crippen LogP contribution in [0, 0.1) is 0 Å². The van der Waals surface area contributed by atoms with Crippen molar-refractivity contribution in [2.24, 2.45) is 0 Å². The lowest BCUT2D eigenvalue weighted by molar-refractivity contribution is 0.569. The molecule has 0 radical (unpaired) electrons. The van der Waals surface area contributed by atoms with Gasteiger partial charge in [-0.3, -0.25) is 0 Å². The van der Waals surface area contributed by atoms with E-state index in [4.69, 9.17) is 0 Å². The lowest BCUT2D eigenvalue weighted by atomic mass is 9.33. The molecule has 4 aliphatic rings. The Morgan fingerprint density at radius 3 is 1.08 bits per heavy atom. The largest absolute Gasteiger partial charge is 0.310 e. The Balaban J connectivity index is 0.985. The van der Waals surface area contributed by atoms with Gasteiger partial charge in [0.2, 0.25) is 0 Å². The van der Waals surface area contributed by atoms with Crippen molar-refractivity contribution in [3.05, 3.63) is 379 Å². The highest BCUT2D eigenvalue weighted by atomic mass is 15.2. The van der Waals surface area contributed by atoms with E-state index in [0.29, 0.717) is 0 Å². The standard InChI is InChI=1S/C103H83BN2/c1-100(2,3)75-57-73(58-76(63-75)101(4,5)6)71-54-56-92-91(61-71)104-90-55-53-72(78-46-31-49-84-83-45-27-30-52-89(83)103(96(78)84)87-50-28-25-43-81(87)82-44-26-29-51-88(82)103)62-93(90)106(99-85(69-39-21-13-22-40-69)59-74(66-33-15-10-16-34-66)60-86(99)70-41-23-14-24-42-70)95-65-77(102(7,8)9)64-94(97(95)104)105(92)98-79(67-35-17-11-18-36-67)47-32-48-80(98)68-37-19-12-20-38-68/h10-65H,1-9H3. The van der Waals surface area contributed by atoms with Crippen molar-refractivity contribution in [3.63, 3.8) is 0 Å². The van der Waals surface area contributed by atoms with Crippen LogP contribution in [0.4, 0.5) is 34.1 Å². The molecule has 0 amide bonds. The lowest BCUT2D eigenvalue weighted by Gasteiger charge is -2.46. The van der Waals surface area contributed by atoms with Crippen molar-refractivity contribution in [1.29, 1.82) is 0 Å². The van der Waals surface area contributed by atoms with Gasteiger partial charge in [-0.1, -0.05) is 366 Å². The minimum atomic E-state index is -0.587. The molecule has 2 nitrogen and oxygen atoms in total. The molecule has 15 aromatic rings. The van der Waals surface area contributed by atoms with E-state index in [9.17, 15) is 0 Å². The molecule has 0 saturated heterocycles. The van der Waals surface area contributed by atoms with E-state index in [2.05, 4.69) is 412 Å². The van der Waals surface area contributed by atoms with Crippen molar-refractivity contribution < 1.29 is 0 Å². The molecule has 0 aromatic heterocycles. The Bertz CT molecular complexity index is 5800. The van der Waals surface area contributed by atoms with E-state index >= 15 is 0 Å². The Morgan fingerprint density at radius 2 is 0.594 bits per heavy atom. The van der Waals surface area contributed by atoms with Gasteiger partial charge >= 0.3 is 0 Å². The highest BCUT2D eigenvalue weighted by Gasteiger charge is 2.53. The summed E-state index contributed by atoms with van der Waals surface area (Å²) in [6.45, 7) is 21.1. The molecule has 0 saturated carbocycles. The van der Waals surface area contributed by atoms with E-state index in [1.54, 1.807) is 0 Å². The van der Waals surface area contributed by atoms with Crippen LogP contribution in [-0.4, -0.2) is 6.71 Å². The van der Waals surface area contributed by atoms with Crippen LogP contribution in [0.3, 0.4) is 0 Å². The normalized spacial score (nSPS) is 13.5. The molecule has 15 aromatic carbocycles. The van der Waals surface area contributed by atoms with E-state index in [1.807, 2.05) is 0 Å². The predicted molar refractivity (Wildman–Crippen MR) is 451 cm³/mol. The number of nitrogens with zero attached hydrogens (tertiary/aromatic N) is 2. The van der Waals surface area contributed by atoms with Gasteiger partial charge in [0, 0.05) is 45.0 Å². The quantitative estimate of drug-likeness (QED) is 0.133. The molecule has 0 fully saturated rings. The van der Waals surface area contributed by atoms with Crippen molar-refractivity contribution in [1.82, 2.24) is 0 Å². The fourth-order valence-electron chi connectivity index (χ4n) is 18.1. The van der Waals surface area contributed by atoms with Gasteiger partial charge in [-0.25, -0.2) is 0 Å². The summed E-state index contributed by atoms with van der Waals surface area (Å²) in [6.07, 6.45) is 0. The molecule has 0 atom stereocenters. The number of anilines is 6. The van der Waals surface area contributed by atoms with Crippen LogP contribution in [0.25, 0.3) is 100 Å². The second-order valence-electron chi connectivity index (χ2n) is 32.7. The summed E-state index contributed by atoms with van der Waals surface area (Å²) in [6, 6.07) is 130. The number of hydrogen-bond donors (Lipinski definition) is 0. The van der Waals surface area contributed by atoms with Gasteiger partial charge in [0.15, 0.2) is 0 Å². The van der Waals surface area contributed by atoms with Crippen LogP contribution in [0.1, 0.15) is 101 Å². The molecule has 106 heavy (non-hydrogen) atoms. The summed E-state index contributed by atoms with van der Waals surface area (Å²) in [5.74, 6) is 0. The van der Waals surface area contributed by atoms with Crippen molar-refractivity contribution in [2.45, 2.75) is 84.0 Å². The zero-order valence-corrected chi connectivity index (χ0v) is 61.8. The zero-order chi connectivity index (χ0) is 72.0. The molecule has 1 spiro atoms. The Morgan fingerprint density at radius 1 is 0.226 bits per heavy atom. The molecular formula is C103H83BN2. The highest BCUT2D eigenvalue weighted by molar-refractivity contribution is 7.00. The summed E-state index contributed by atoms with van der Waals surface area (Å²) in [4.78, 5) is 5.46. The number of fused-ring (bicyclic) bond motifs is 14. The third kappa shape index (κ3) is 10.2. The number of hydrogen-bond acceptors (Lipinski definition) is 2. The summed E-state index contributed by atoms with van der Waals surface area (Å²) >= 11 is 0. The van der Waals surface area contributed by atoms with Crippen LogP contribution < -0.4 is 26.2 Å². The molecule has 0 unspecified atom stereocenters. The minimum absolute atomic E-state index is 0.0968.